The highest BCUT2D eigenvalue weighted by Gasteiger charge is 2.22. The van der Waals surface area contributed by atoms with Crippen molar-refractivity contribution in [3.05, 3.63) is 28.6 Å². The number of methoxy groups -OCH3 is 1. The van der Waals surface area contributed by atoms with E-state index in [4.69, 9.17) is 9.84 Å². The van der Waals surface area contributed by atoms with Crippen molar-refractivity contribution in [3.8, 4) is 5.75 Å². The van der Waals surface area contributed by atoms with Gasteiger partial charge >= 0.3 is 5.97 Å². The van der Waals surface area contributed by atoms with Crippen molar-refractivity contribution in [2.75, 3.05) is 7.11 Å². The summed E-state index contributed by atoms with van der Waals surface area (Å²) in [6.45, 7) is 0. The molecule has 0 saturated carbocycles. The number of rotatable bonds is 3. The molecule has 1 aromatic rings. The Labute approximate surface area is 99.2 Å². The second-order valence-electron chi connectivity index (χ2n) is 4.29. The Morgan fingerprint density at radius 2 is 2.06 bits per heavy atom. The third kappa shape index (κ3) is 2.25. The molecule has 0 radical (unpaired) electrons. The van der Waals surface area contributed by atoms with Gasteiger partial charge in [-0.15, -0.1) is 0 Å². The normalized spacial score (nSPS) is 14.2. The Kier molecular flexibility index (Phi) is 3.31. The quantitative estimate of drug-likeness (QED) is 0.879. The van der Waals surface area contributed by atoms with Crippen LogP contribution in [0.5, 0.6) is 5.75 Å². The van der Waals surface area contributed by atoms with E-state index in [1.165, 1.54) is 13.2 Å². The topological polar surface area (TPSA) is 46.5 Å². The van der Waals surface area contributed by atoms with Crippen LogP contribution in [0.25, 0.3) is 0 Å². The molecule has 0 saturated heterocycles. The Balaban J connectivity index is 2.51. The summed E-state index contributed by atoms with van der Waals surface area (Å²) < 4.78 is 19.3. The summed E-state index contributed by atoms with van der Waals surface area (Å²) in [7, 11) is 1.53. The minimum atomic E-state index is -1.03. The predicted molar refractivity (Wildman–Crippen MR) is 60.9 cm³/mol. The van der Waals surface area contributed by atoms with Crippen molar-refractivity contribution in [1.29, 1.82) is 0 Å². The highest BCUT2D eigenvalue weighted by atomic mass is 19.1. The van der Waals surface area contributed by atoms with E-state index in [0.717, 1.165) is 24.8 Å². The fourth-order valence-corrected chi connectivity index (χ4v) is 2.40. The number of aliphatic carboxylic acids is 1. The number of ether oxygens (including phenoxy) is 1. The first kappa shape index (κ1) is 11.9. The number of halogens is 1. The number of benzene rings is 1. The molecule has 0 fully saturated rings. The van der Waals surface area contributed by atoms with Crippen LogP contribution in [0.3, 0.4) is 0 Å². The van der Waals surface area contributed by atoms with E-state index in [9.17, 15) is 9.18 Å². The molecule has 1 aliphatic carbocycles. The van der Waals surface area contributed by atoms with Crippen molar-refractivity contribution < 1.29 is 19.0 Å². The summed E-state index contributed by atoms with van der Waals surface area (Å²) in [5.41, 5.74) is 1.77. The molecule has 0 unspecified atom stereocenters. The molecule has 0 atom stereocenters. The second kappa shape index (κ2) is 4.73. The summed E-state index contributed by atoms with van der Waals surface area (Å²) in [6, 6.07) is 1.52. The van der Waals surface area contributed by atoms with E-state index >= 15 is 0 Å². The maximum Gasteiger partial charge on any atom is 0.307 e. The molecular weight excluding hydrogens is 223 g/mol. The molecule has 4 heteroatoms. The highest BCUT2D eigenvalue weighted by molar-refractivity contribution is 5.71. The van der Waals surface area contributed by atoms with E-state index in [0.29, 0.717) is 17.7 Å². The highest BCUT2D eigenvalue weighted by Crippen LogP contribution is 2.33. The third-order valence-electron chi connectivity index (χ3n) is 3.18. The van der Waals surface area contributed by atoms with Gasteiger partial charge in [-0.25, -0.2) is 4.39 Å². The number of carboxylic acids is 1. The Bertz CT molecular complexity index is 454. The van der Waals surface area contributed by atoms with Gasteiger partial charge in [-0.2, -0.15) is 0 Å². The molecule has 0 amide bonds. The van der Waals surface area contributed by atoms with Gasteiger partial charge < -0.3 is 9.84 Å². The van der Waals surface area contributed by atoms with Gasteiger partial charge in [0.05, 0.1) is 13.5 Å². The molecule has 1 aromatic carbocycles. The van der Waals surface area contributed by atoms with Gasteiger partial charge in [0.15, 0.2) is 0 Å². The third-order valence-corrected chi connectivity index (χ3v) is 3.18. The van der Waals surface area contributed by atoms with Crippen LogP contribution in [0.1, 0.15) is 29.5 Å². The van der Waals surface area contributed by atoms with Crippen LogP contribution in [0.4, 0.5) is 4.39 Å². The molecular formula is C13H15FO3. The van der Waals surface area contributed by atoms with Crippen LogP contribution >= 0.6 is 0 Å². The Morgan fingerprint density at radius 3 is 2.65 bits per heavy atom. The fourth-order valence-electron chi connectivity index (χ4n) is 2.40. The van der Waals surface area contributed by atoms with Gasteiger partial charge in [-0.05, 0) is 37.3 Å². The number of carboxylic acid groups (broad SMARTS) is 1. The van der Waals surface area contributed by atoms with Gasteiger partial charge in [0, 0.05) is 11.1 Å². The van der Waals surface area contributed by atoms with E-state index in [1.54, 1.807) is 0 Å². The van der Waals surface area contributed by atoms with Crippen molar-refractivity contribution in [2.24, 2.45) is 0 Å². The lowest BCUT2D eigenvalue weighted by Gasteiger charge is -2.21. The smallest absolute Gasteiger partial charge is 0.307 e. The molecule has 0 aromatic heterocycles. The van der Waals surface area contributed by atoms with Gasteiger partial charge in [0.25, 0.3) is 0 Å². The number of hydrogen-bond donors (Lipinski definition) is 1. The predicted octanol–water partition coefficient (Wildman–Crippen LogP) is 2.34. The molecule has 0 bridgehead atoms. The molecule has 2 rings (SSSR count). The van der Waals surface area contributed by atoms with Gasteiger partial charge in [0.2, 0.25) is 0 Å². The van der Waals surface area contributed by atoms with Crippen LogP contribution in [0.15, 0.2) is 6.07 Å². The summed E-state index contributed by atoms with van der Waals surface area (Å²) in [5.74, 6) is -0.762. The molecule has 1 aliphatic rings. The molecule has 17 heavy (non-hydrogen) atoms. The van der Waals surface area contributed by atoms with Crippen LogP contribution in [-0.2, 0) is 24.1 Å². The molecule has 3 nitrogen and oxygen atoms in total. The SMILES string of the molecule is COc1cc(CC(=O)O)c(F)c2c1CCCC2. The molecule has 0 heterocycles. The standard InChI is InChI=1S/C13H15FO3/c1-17-11-6-8(7-12(15)16)13(14)10-5-3-2-4-9(10)11/h6H,2-5,7H2,1H3,(H,15,16). The van der Waals surface area contributed by atoms with Crippen molar-refractivity contribution in [1.82, 2.24) is 0 Å². The summed E-state index contributed by atoms with van der Waals surface area (Å²) >= 11 is 0. The summed E-state index contributed by atoms with van der Waals surface area (Å²) in [6.07, 6.45) is 3.16. The zero-order valence-electron chi connectivity index (χ0n) is 9.75. The van der Waals surface area contributed by atoms with E-state index in [2.05, 4.69) is 0 Å². The zero-order valence-corrected chi connectivity index (χ0v) is 9.75. The van der Waals surface area contributed by atoms with Crippen LogP contribution in [-0.4, -0.2) is 18.2 Å². The number of carbonyl (C=O) groups is 1. The van der Waals surface area contributed by atoms with Crippen molar-refractivity contribution in [2.45, 2.75) is 32.1 Å². The number of hydrogen-bond acceptors (Lipinski definition) is 2. The summed E-state index contributed by atoms with van der Waals surface area (Å²) in [4.78, 5) is 10.7. The monoisotopic (exact) mass is 238 g/mol. The lowest BCUT2D eigenvalue weighted by atomic mass is 9.88. The van der Waals surface area contributed by atoms with Crippen LogP contribution in [0, 0.1) is 5.82 Å². The van der Waals surface area contributed by atoms with Crippen molar-refractivity contribution in [3.63, 3.8) is 0 Å². The zero-order chi connectivity index (χ0) is 12.4. The average molecular weight is 238 g/mol. The van der Waals surface area contributed by atoms with Gasteiger partial charge in [-0.3, -0.25) is 4.79 Å². The Morgan fingerprint density at radius 1 is 1.41 bits per heavy atom. The second-order valence-corrected chi connectivity index (χ2v) is 4.29. The largest absolute Gasteiger partial charge is 0.496 e. The van der Waals surface area contributed by atoms with E-state index < -0.39 is 5.97 Å². The minimum absolute atomic E-state index is 0.218. The van der Waals surface area contributed by atoms with Crippen LogP contribution < -0.4 is 4.74 Å². The molecule has 0 spiro atoms. The first-order chi connectivity index (χ1) is 8.13. The lowest BCUT2D eigenvalue weighted by Crippen LogP contribution is -2.12. The molecule has 0 aliphatic heterocycles. The van der Waals surface area contributed by atoms with E-state index in [1.807, 2.05) is 0 Å². The Hall–Kier alpha value is -1.58. The van der Waals surface area contributed by atoms with Crippen molar-refractivity contribution >= 4 is 5.97 Å². The number of fused-ring (bicyclic) bond motifs is 1. The maximum atomic E-state index is 14.1. The molecule has 1 N–H and O–H groups in total. The van der Waals surface area contributed by atoms with Gasteiger partial charge in [0.1, 0.15) is 11.6 Å². The minimum Gasteiger partial charge on any atom is -0.496 e. The first-order valence-corrected chi connectivity index (χ1v) is 5.72. The van der Waals surface area contributed by atoms with Gasteiger partial charge in [-0.1, -0.05) is 0 Å². The fraction of sp³-hybridized carbons (Fsp3) is 0.462. The van der Waals surface area contributed by atoms with E-state index in [-0.39, 0.29) is 17.8 Å². The average Bonchev–Trinajstić information content (AvgIpc) is 2.32. The van der Waals surface area contributed by atoms with Crippen LogP contribution in [0.2, 0.25) is 0 Å². The summed E-state index contributed by atoms with van der Waals surface area (Å²) in [5, 5.41) is 8.75. The first-order valence-electron chi connectivity index (χ1n) is 5.72. The molecule has 92 valence electrons. The lowest BCUT2D eigenvalue weighted by molar-refractivity contribution is -0.136. The maximum absolute atomic E-state index is 14.1.